The number of carbonyl (C=O) groups is 1. The Morgan fingerprint density at radius 2 is 1.93 bits per heavy atom. The highest BCUT2D eigenvalue weighted by atomic mass is 19.1. The fraction of sp³-hybridized carbons (Fsp3) is 0.368. The molecule has 1 N–H and O–H groups in total. The number of halogens is 1. The second-order valence-corrected chi connectivity index (χ2v) is 6.80. The number of carbonyl (C=O) groups excluding carboxylic acids is 1. The van der Waals surface area contributed by atoms with Crippen molar-refractivity contribution in [3.05, 3.63) is 41.8 Å². The van der Waals surface area contributed by atoms with Gasteiger partial charge in [0.2, 0.25) is 0 Å². The molecule has 1 atom stereocenters. The van der Waals surface area contributed by atoms with Crippen LogP contribution in [-0.2, 0) is 4.74 Å². The first-order valence-corrected chi connectivity index (χ1v) is 9.21. The molecule has 2 saturated heterocycles. The summed E-state index contributed by atoms with van der Waals surface area (Å²) < 4.78 is 19.8. The first kappa shape index (κ1) is 18.9. The van der Waals surface area contributed by atoms with Crippen LogP contribution in [0.2, 0.25) is 0 Å². The average molecular weight is 398 g/mol. The van der Waals surface area contributed by atoms with Crippen molar-refractivity contribution in [2.24, 2.45) is 0 Å². The Balaban J connectivity index is 1.42. The van der Waals surface area contributed by atoms with Gasteiger partial charge in [0.1, 0.15) is 18.0 Å². The van der Waals surface area contributed by atoms with Crippen molar-refractivity contribution >= 4 is 23.3 Å². The lowest BCUT2D eigenvalue weighted by atomic mass is 10.2. The second-order valence-electron chi connectivity index (χ2n) is 6.80. The minimum atomic E-state index is -0.594. The molecule has 150 valence electrons. The number of hydrogen-bond acceptors (Lipinski definition) is 8. The number of aromatic nitrogens is 2. The monoisotopic (exact) mass is 398 g/mol. The van der Waals surface area contributed by atoms with E-state index < -0.39 is 18.0 Å². The van der Waals surface area contributed by atoms with Crippen LogP contribution >= 0.6 is 0 Å². The quantitative estimate of drug-likeness (QED) is 0.817. The molecule has 2 fully saturated rings. The molecule has 0 bridgehead atoms. The van der Waals surface area contributed by atoms with Crippen molar-refractivity contribution < 1.29 is 19.0 Å². The average Bonchev–Trinajstić information content (AvgIpc) is 3.15. The summed E-state index contributed by atoms with van der Waals surface area (Å²) in [7, 11) is 0. The molecule has 1 aromatic carbocycles. The lowest BCUT2D eigenvalue weighted by molar-refractivity contribution is 0.0963. The molecular formula is C19H19FN6O3. The zero-order valence-electron chi connectivity index (χ0n) is 15.5. The minimum absolute atomic E-state index is 0.193. The highest BCUT2D eigenvalue weighted by molar-refractivity contribution is 5.90. The lowest BCUT2D eigenvalue weighted by Gasteiger charge is -2.36. The van der Waals surface area contributed by atoms with Gasteiger partial charge in [-0.05, 0) is 30.3 Å². The molecule has 0 aliphatic carbocycles. The van der Waals surface area contributed by atoms with E-state index in [0.29, 0.717) is 43.4 Å². The number of amides is 1. The number of aliphatic hydroxyl groups excluding tert-OH is 1. The Morgan fingerprint density at radius 1 is 1.17 bits per heavy atom. The first-order chi connectivity index (χ1) is 14.1. The Bertz CT molecular complexity index is 940. The Hall–Kier alpha value is -3.45. The number of hydrogen-bond donors (Lipinski definition) is 1. The van der Waals surface area contributed by atoms with Crippen molar-refractivity contribution in [2.45, 2.75) is 6.10 Å². The Labute approximate surface area is 166 Å². The number of anilines is 3. The summed E-state index contributed by atoms with van der Waals surface area (Å²) in [5.74, 6) is 0.264. The van der Waals surface area contributed by atoms with Crippen LogP contribution in [0.3, 0.4) is 0 Å². The Morgan fingerprint density at radius 3 is 2.52 bits per heavy atom. The number of ether oxygens (including phenoxy) is 1. The summed E-state index contributed by atoms with van der Waals surface area (Å²) in [6.45, 7) is 2.39. The van der Waals surface area contributed by atoms with E-state index in [9.17, 15) is 9.18 Å². The normalized spacial score (nSPS) is 19.3. The summed E-state index contributed by atoms with van der Waals surface area (Å²) in [6, 6.07) is 9.96. The van der Waals surface area contributed by atoms with Gasteiger partial charge in [-0.1, -0.05) is 0 Å². The number of piperazine rings is 1. The molecule has 2 aliphatic rings. The number of cyclic esters (lactones) is 1. The van der Waals surface area contributed by atoms with Crippen molar-refractivity contribution in [1.29, 1.82) is 5.26 Å². The van der Waals surface area contributed by atoms with Crippen LogP contribution in [0.25, 0.3) is 0 Å². The molecule has 0 radical (unpaired) electrons. The maximum atomic E-state index is 14.8. The van der Waals surface area contributed by atoms with Gasteiger partial charge in [0, 0.05) is 26.2 Å². The predicted molar refractivity (Wildman–Crippen MR) is 102 cm³/mol. The van der Waals surface area contributed by atoms with E-state index in [1.54, 1.807) is 24.3 Å². The highest BCUT2D eigenvalue weighted by Crippen LogP contribution is 2.29. The lowest BCUT2D eigenvalue weighted by Crippen LogP contribution is -2.47. The molecule has 0 spiro atoms. The fourth-order valence-corrected chi connectivity index (χ4v) is 3.48. The fourth-order valence-electron chi connectivity index (χ4n) is 3.48. The van der Waals surface area contributed by atoms with Crippen molar-refractivity contribution in [3.8, 4) is 6.07 Å². The molecule has 9 nitrogen and oxygen atoms in total. The predicted octanol–water partition coefficient (Wildman–Crippen LogP) is 1.13. The van der Waals surface area contributed by atoms with Crippen molar-refractivity contribution in [3.63, 3.8) is 0 Å². The number of nitrogens with zero attached hydrogens (tertiary/aromatic N) is 6. The third-order valence-electron chi connectivity index (χ3n) is 5.03. The van der Waals surface area contributed by atoms with Gasteiger partial charge >= 0.3 is 6.09 Å². The van der Waals surface area contributed by atoms with Gasteiger partial charge in [0.05, 0.1) is 24.5 Å². The summed E-state index contributed by atoms with van der Waals surface area (Å²) >= 11 is 0. The summed E-state index contributed by atoms with van der Waals surface area (Å²) in [5.41, 5.74) is 1.13. The number of rotatable bonds is 4. The molecule has 10 heteroatoms. The zero-order chi connectivity index (χ0) is 20.4. The standard InChI is InChI=1S/C19H19FN6O3/c20-16-9-14(26-11-15(12-27)29-19(26)28)2-3-17(16)24-5-7-25(8-6-24)18-4-1-13(10-21)22-23-18/h1-4,9,15,27H,5-8,11-12H2. The van der Waals surface area contributed by atoms with Crippen LogP contribution in [0.1, 0.15) is 5.69 Å². The zero-order valence-corrected chi connectivity index (χ0v) is 15.5. The smallest absolute Gasteiger partial charge is 0.414 e. The van der Waals surface area contributed by atoms with Gasteiger partial charge in [-0.3, -0.25) is 4.90 Å². The molecule has 1 aromatic heterocycles. The molecule has 0 saturated carbocycles. The van der Waals surface area contributed by atoms with Crippen LogP contribution in [0.15, 0.2) is 30.3 Å². The molecule has 2 aliphatic heterocycles. The third-order valence-corrected chi connectivity index (χ3v) is 5.03. The molecular weight excluding hydrogens is 379 g/mol. The molecule has 2 aromatic rings. The van der Waals surface area contributed by atoms with Gasteiger partial charge in [-0.15, -0.1) is 10.2 Å². The van der Waals surface area contributed by atoms with E-state index in [4.69, 9.17) is 15.1 Å². The van der Waals surface area contributed by atoms with Crippen LogP contribution in [0.5, 0.6) is 0 Å². The van der Waals surface area contributed by atoms with E-state index in [2.05, 4.69) is 10.2 Å². The van der Waals surface area contributed by atoms with E-state index >= 15 is 0 Å². The van der Waals surface area contributed by atoms with Crippen LogP contribution in [0.4, 0.5) is 26.4 Å². The van der Waals surface area contributed by atoms with Gasteiger partial charge in [-0.25, -0.2) is 9.18 Å². The molecule has 4 rings (SSSR count). The van der Waals surface area contributed by atoms with E-state index in [1.807, 2.05) is 15.9 Å². The topological polar surface area (TPSA) is 106 Å². The van der Waals surface area contributed by atoms with Crippen LogP contribution < -0.4 is 14.7 Å². The van der Waals surface area contributed by atoms with Gasteiger partial charge in [0.25, 0.3) is 0 Å². The highest BCUT2D eigenvalue weighted by Gasteiger charge is 2.32. The van der Waals surface area contributed by atoms with Gasteiger partial charge in [0.15, 0.2) is 11.5 Å². The maximum absolute atomic E-state index is 14.8. The maximum Gasteiger partial charge on any atom is 0.414 e. The summed E-state index contributed by atoms with van der Waals surface area (Å²) in [5, 5.41) is 25.8. The number of nitriles is 1. The first-order valence-electron chi connectivity index (χ1n) is 9.21. The molecule has 1 unspecified atom stereocenters. The second kappa shape index (κ2) is 7.89. The SMILES string of the molecule is N#Cc1ccc(N2CCN(c3ccc(N4CC(CO)OC4=O)cc3F)CC2)nn1. The summed E-state index contributed by atoms with van der Waals surface area (Å²) in [4.78, 5) is 17.2. The van der Waals surface area contributed by atoms with E-state index in [-0.39, 0.29) is 18.8 Å². The summed E-state index contributed by atoms with van der Waals surface area (Å²) in [6.07, 6.45) is -1.18. The van der Waals surface area contributed by atoms with Gasteiger partial charge < -0.3 is 19.6 Å². The third kappa shape index (κ3) is 3.77. The van der Waals surface area contributed by atoms with E-state index in [1.165, 1.54) is 11.0 Å². The largest absolute Gasteiger partial charge is 0.441 e. The van der Waals surface area contributed by atoms with Crippen molar-refractivity contribution in [1.82, 2.24) is 10.2 Å². The molecule has 1 amide bonds. The number of aliphatic hydroxyl groups is 1. The number of benzene rings is 1. The van der Waals surface area contributed by atoms with Crippen molar-refractivity contribution in [2.75, 3.05) is 54.0 Å². The van der Waals surface area contributed by atoms with Crippen LogP contribution in [0, 0.1) is 17.1 Å². The molecule has 29 heavy (non-hydrogen) atoms. The van der Waals surface area contributed by atoms with E-state index in [0.717, 1.165) is 0 Å². The Kier molecular flexibility index (Phi) is 5.14. The minimum Gasteiger partial charge on any atom is -0.441 e. The van der Waals surface area contributed by atoms with Crippen LogP contribution in [-0.4, -0.2) is 66.8 Å². The molecule has 3 heterocycles. The van der Waals surface area contributed by atoms with Gasteiger partial charge in [-0.2, -0.15) is 5.26 Å².